The van der Waals surface area contributed by atoms with Crippen molar-refractivity contribution in [3.63, 3.8) is 0 Å². The molecule has 37 heavy (non-hydrogen) atoms. The zero-order chi connectivity index (χ0) is 25.8. The monoisotopic (exact) mass is 524 g/mol. The second-order valence-electron chi connectivity index (χ2n) is 8.61. The van der Waals surface area contributed by atoms with Crippen molar-refractivity contribution in [3.8, 4) is 11.5 Å². The zero-order valence-corrected chi connectivity index (χ0v) is 24.2. The van der Waals surface area contributed by atoms with Gasteiger partial charge in [-0.3, -0.25) is 4.79 Å². The van der Waals surface area contributed by atoms with Crippen LogP contribution in [0.25, 0.3) is 16.6 Å². The summed E-state index contributed by atoms with van der Waals surface area (Å²) in [4.78, 5) is 26.3. The summed E-state index contributed by atoms with van der Waals surface area (Å²) in [7, 11) is 1.58. The van der Waals surface area contributed by atoms with Gasteiger partial charge < -0.3 is 19.4 Å². The standard InChI is InChI=1S/C28H26N2O5S.Na/c1-16(2)35-21-9-6-19(7-10-21)27(31)22(14-18-5-12-25(34-4)17(3)13-18)26(28(32)33)20-8-11-23-24(15-20)30-36-29-23;/h5-13,15-16H,14H2,1-4H3,(H,32,33);/q;+1/p-1. The Bertz CT molecular complexity index is 1460. The number of carboxylic acid groups (broad SMARTS) is 1. The molecule has 4 aromatic rings. The van der Waals surface area contributed by atoms with E-state index in [1.165, 1.54) is 0 Å². The van der Waals surface area contributed by atoms with Gasteiger partial charge in [0.1, 0.15) is 22.5 Å². The number of aliphatic carboxylic acids is 1. The summed E-state index contributed by atoms with van der Waals surface area (Å²) in [6.07, 6.45) is 0.0741. The van der Waals surface area contributed by atoms with Crippen molar-refractivity contribution in [2.75, 3.05) is 7.11 Å². The number of methoxy groups -OCH3 is 1. The third-order valence-corrected chi connectivity index (χ3v) is 6.21. The molecule has 0 aliphatic rings. The molecule has 0 atom stereocenters. The van der Waals surface area contributed by atoms with E-state index in [0.717, 1.165) is 22.9 Å². The van der Waals surface area contributed by atoms with Gasteiger partial charge in [0.15, 0.2) is 5.78 Å². The van der Waals surface area contributed by atoms with Crippen LogP contribution in [0.1, 0.15) is 40.9 Å². The number of aryl methyl sites for hydroxylation is 1. The van der Waals surface area contributed by atoms with E-state index in [4.69, 9.17) is 9.47 Å². The number of rotatable bonds is 9. The summed E-state index contributed by atoms with van der Waals surface area (Å²) >= 11 is 1.04. The number of allylic oxidation sites excluding steroid dienone is 1. The predicted molar refractivity (Wildman–Crippen MR) is 137 cm³/mol. The molecule has 3 aromatic carbocycles. The van der Waals surface area contributed by atoms with Gasteiger partial charge in [-0.25, -0.2) is 0 Å². The van der Waals surface area contributed by atoms with Crippen LogP contribution in [0.15, 0.2) is 66.2 Å². The molecule has 0 aliphatic heterocycles. The van der Waals surface area contributed by atoms with E-state index in [2.05, 4.69) is 8.75 Å². The van der Waals surface area contributed by atoms with Crippen molar-refractivity contribution in [1.82, 2.24) is 8.75 Å². The van der Waals surface area contributed by atoms with Crippen LogP contribution in [0.3, 0.4) is 0 Å². The number of ether oxygens (including phenoxy) is 2. The number of Topliss-reactive ketones (excluding diaryl/α,β-unsaturated/α-hetero) is 1. The molecule has 0 aliphatic carbocycles. The van der Waals surface area contributed by atoms with Gasteiger partial charge in [0.2, 0.25) is 0 Å². The van der Waals surface area contributed by atoms with Crippen molar-refractivity contribution in [3.05, 3.63) is 88.5 Å². The molecule has 9 heteroatoms. The molecule has 0 unspecified atom stereocenters. The minimum Gasteiger partial charge on any atom is -0.545 e. The van der Waals surface area contributed by atoms with Gasteiger partial charge >= 0.3 is 29.6 Å². The van der Waals surface area contributed by atoms with Crippen molar-refractivity contribution in [1.29, 1.82) is 0 Å². The number of carbonyl (C=O) groups is 2. The number of hydrogen-bond donors (Lipinski definition) is 0. The Morgan fingerprint density at radius 3 is 2.24 bits per heavy atom. The van der Waals surface area contributed by atoms with E-state index in [1.807, 2.05) is 32.9 Å². The van der Waals surface area contributed by atoms with Gasteiger partial charge in [0.05, 0.1) is 30.9 Å². The summed E-state index contributed by atoms with van der Waals surface area (Å²) in [6.45, 7) is 5.72. The van der Waals surface area contributed by atoms with Gasteiger partial charge in [0, 0.05) is 23.1 Å². The average Bonchev–Trinajstić information content (AvgIpc) is 3.31. The van der Waals surface area contributed by atoms with Gasteiger partial charge in [-0.15, -0.1) is 0 Å². The van der Waals surface area contributed by atoms with Crippen LogP contribution in [-0.2, 0) is 11.2 Å². The maximum atomic E-state index is 13.8. The molecule has 0 N–H and O–H groups in total. The molecule has 1 heterocycles. The SMILES string of the molecule is COc1ccc(CC(C(=O)c2ccc(OC(C)C)cc2)=C(C(=O)[O-])c2ccc3nsnc3c2)cc1C.[Na+]. The van der Waals surface area contributed by atoms with Crippen LogP contribution < -0.4 is 44.1 Å². The van der Waals surface area contributed by atoms with Crippen molar-refractivity contribution in [2.24, 2.45) is 0 Å². The number of nitrogens with zero attached hydrogens (tertiary/aromatic N) is 2. The van der Waals surface area contributed by atoms with Gasteiger partial charge in [-0.1, -0.05) is 18.2 Å². The Labute approximate surface area is 241 Å². The number of ketones is 1. The van der Waals surface area contributed by atoms with Crippen molar-refractivity contribution >= 4 is 40.1 Å². The Kier molecular flexibility index (Phi) is 9.62. The van der Waals surface area contributed by atoms with E-state index in [-0.39, 0.29) is 53.2 Å². The van der Waals surface area contributed by atoms with Gasteiger partial charge in [-0.05, 0) is 79.9 Å². The first-order valence-corrected chi connectivity index (χ1v) is 12.1. The number of aromatic nitrogens is 2. The first kappa shape index (κ1) is 28.5. The fourth-order valence-electron chi connectivity index (χ4n) is 4.02. The maximum absolute atomic E-state index is 13.8. The molecule has 0 saturated carbocycles. The van der Waals surface area contributed by atoms with E-state index in [1.54, 1.807) is 55.6 Å². The zero-order valence-electron chi connectivity index (χ0n) is 21.4. The van der Waals surface area contributed by atoms with Crippen LogP contribution in [-0.4, -0.2) is 33.7 Å². The largest absolute Gasteiger partial charge is 1.00 e. The molecule has 7 nitrogen and oxygen atoms in total. The van der Waals surface area contributed by atoms with Crippen molar-refractivity contribution < 1.29 is 53.7 Å². The summed E-state index contributed by atoms with van der Waals surface area (Å²) in [5.41, 5.74) is 3.48. The molecule has 0 radical (unpaired) electrons. The second kappa shape index (κ2) is 12.5. The second-order valence-corrected chi connectivity index (χ2v) is 9.14. The Morgan fingerprint density at radius 1 is 0.946 bits per heavy atom. The summed E-state index contributed by atoms with van der Waals surface area (Å²) in [5, 5.41) is 12.5. The van der Waals surface area contributed by atoms with Crippen molar-refractivity contribution in [2.45, 2.75) is 33.3 Å². The minimum absolute atomic E-state index is 0. The third-order valence-electron chi connectivity index (χ3n) is 5.65. The van der Waals surface area contributed by atoms with Crippen LogP contribution >= 0.6 is 11.7 Å². The Hall–Kier alpha value is -3.04. The van der Waals surface area contributed by atoms with Gasteiger partial charge in [0.25, 0.3) is 0 Å². The fraction of sp³-hybridized carbons (Fsp3) is 0.214. The molecule has 184 valence electrons. The van der Waals surface area contributed by atoms with Crippen LogP contribution in [0, 0.1) is 6.92 Å². The summed E-state index contributed by atoms with van der Waals surface area (Å²) < 4.78 is 19.4. The van der Waals surface area contributed by atoms with E-state index in [9.17, 15) is 14.7 Å². The molecule has 1 aromatic heterocycles. The third kappa shape index (κ3) is 6.64. The number of carboxylic acids is 1. The first-order chi connectivity index (χ1) is 17.3. The van der Waals surface area contributed by atoms with E-state index in [0.29, 0.717) is 33.7 Å². The average molecular weight is 525 g/mol. The normalized spacial score (nSPS) is 11.6. The topological polar surface area (TPSA) is 101 Å². The molecule has 0 amide bonds. The van der Waals surface area contributed by atoms with Gasteiger partial charge in [-0.2, -0.15) is 8.75 Å². The fourth-order valence-corrected chi connectivity index (χ4v) is 4.54. The minimum atomic E-state index is -1.44. The molecule has 4 rings (SSSR count). The summed E-state index contributed by atoms with van der Waals surface area (Å²) in [5.74, 6) is -0.515. The van der Waals surface area contributed by atoms with Crippen LogP contribution in [0.5, 0.6) is 11.5 Å². The molecule has 0 saturated heterocycles. The predicted octanol–water partition coefficient (Wildman–Crippen LogP) is 1.43. The smallest absolute Gasteiger partial charge is 0.545 e. The Balaban J connectivity index is 0.00000380. The van der Waals surface area contributed by atoms with Crippen LogP contribution in [0.4, 0.5) is 0 Å². The molecular formula is C28H25N2NaO5S. The number of benzene rings is 3. The maximum Gasteiger partial charge on any atom is 1.00 e. The number of fused-ring (bicyclic) bond motifs is 1. The number of hydrogen-bond acceptors (Lipinski definition) is 8. The van der Waals surface area contributed by atoms with E-state index < -0.39 is 11.8 Å². The molecular weight excluding hydrogens is 499 g/mol. The molecule has 0 fully saturated rings. The molecule has 0 bridgehead atoms. The summed E-state index contributed by atoms with van der Waals surface area (Å²) in [6, 6.07) is 17.1. The first-order valence-electron chi connectivity index (χ1n) is 11.4. The molecule has 0 spiro atoms. The van der Waals surface area contributed by atoms with Crippen LogP contribution in [0.2, 0.25) is 0 Å². The quantitative estimate of drug-likeness (QED) is 0.185. The Morgan fingerprint density at radius 2 is 1.62 bits per heavy atom. The van der Waals surface area contributed by atoms with E-state index >= 15 is 0 Å². The number of carbonyl (C=O) groups excluding carboxylic acids is 2.